The molecule has 180 valence electrons. The molecule has 1 aliphatic heterocycles. The normalized spacial score (nSPS) is 43.0. The predicted octanol–water partition coefficient (Wildman–Crippen LogP) is 6.48. The van der Waals surface area contributed by atoms with E-state index >= 15 is 0 Å². The zero-order valence-corrected chi connectivity index (χ0v) is 21.6. The van der Waals surface area contributed by atoms with E-state index in [0.29, 0.717) is 22.7 Å². The molecular formula is C30H42O3. The van der Waals surface area contributed by atoms with Crippen molar-refractivity contribution in [3.63, 3.8) is 0 Å². The highest BCUT2D eigenvalue weighted by molar-refractivity contribution is 5.66. The van der Waals surface area contributed by atoms with Crippen LogP contribution in [0.4, 0.5) is 0 Å². The highest BCUT2D eigenvalue weighted by Gasteiger charge is 2.65. The minimum Gasteiger partial charge on any atom is -0.493 e. The third-order valence-corrected chi connectivity index (χ3v) is 11.5. The van der Waals surface area contributed by atoms with E-state index in [2.05, 4.69) is 34.6 Å². The van der Waals surface area contributed by atoms with Gasteiger partial charge in [0.15, 0.2) is 0 Å². The van der Waals surface area contributed by atoms with Crippen molar-refractivity contribution in [1.82, 2.24) is 0 Å². The Bertz CT molecular complexity index is 1030. The van der Waals surface area contributed by atoms with E-state index in [1.807, 2.05) is 0 Å². The summed E-state index contributed by atoms with van der Waals surface area (Å²) < 4.78 is 12.2. The van der Waals surface area contributed by atoms with Gasteiger partial charge in [-0.3, -0.25) is 4.79 Å². The average molecular weight is 451 g/mol. The van der Waals surface area contributed by atoms with Crippen molar-refractivity contribution in [3.05, 3.63) is 27.8 Å². The molecule has 1 unspecified atom stereocenters. The zero-order valence-electron chi connectivity index (χ0n) is 21.6. The van der Waals surface area contributed by atoms with Crippen LogP contribution in [0.25, 0.3) is 0 Å². The number of ether oxygens (including phenoxy) is 2. The molecule has 3 heteroatoms. The van der Waals surface area contributed by atoms with E-state index in [4.69, 9.17) is 9.47 Å². The van der Waals surface area contributed by atoms with E-state index < -0.39 is 0 Å². The van der Waals surface area contributed by atoms with Crippen LogP contribution in [0.1, 0.15) is 101 Å². The summed E-state index contributed by atoms with van der Waals surface area (Å²) in [6.45, 7) is 15.0. The van der Waals surface area contributed by atoms with Crippen molar-refractivity contribution in [3.8, 4) is 5.75 Å². The van der Waals surface area contributed by atoms with E-state index in [1.54, 1.807) is 29.2 Å². The second-order valence-corrected chi connectivity index (χ2v) is 13.1. The number of rotatable bonds is 1. The molecule has 3 nitrogen and oxygen atoms in total. The molecular weight excluding hydrogens is 408 g/mol. The molecule has 0 bridgehead atoms. The number of carbonyl (C=O) groups excluding carboxylic acids is 1. The van der Waals surface area contributed by atoms with Gasteiger partial charge in [-0.05, 0) is 127 Å². The van der Waals surface area contributed by atoms with Crippen LogP contribution in [0.5, 0.6) is 5.75 Å². The molecule has 6 rings (SSSR count). The Morgan fingerprint density at radius 1 is 1.03 bits per heavy atom. The highest BCUT2D eigenvalue weighted by atomic mass is 16.5. The summed E-state index contributed by atoms with van der Waals surface area (Å²) in [7, 11) is 0. The summed E-state index contributed by atoms with van der Waals surface area (Å²) >= 11 is 0. The molecule has 0 amide bonds. The number of benzene rings is 1. The molecule has 1 aromatic carbocycles. The van der Waals surface area contributed by atoms with Crippen LogP contribution in [0.3, 0.4) is 0 Å². The molecule has 33 heavy (non-hydrogen) atoms. The lowest BCUT2D eigenvalue weighted by Gasteiger charge is -2.66. The first kappa shape index (κ1) is 22.0. The summed E-state index contributed by atoms with van der Waals surface area (Å²) in [5.41, 5.74) is 8.93. The fourth-order valence-electron chi connectivity index (χ4n) is 9.81. The van der Waals surface area contributed by atoms with E-state index in [-0.39, 0.29) is 17.5 Å². The topological polar surface area (TPSA) is 35.5 Å². The van der Waals surface area contributed by atoms with Gasteiger partial charge in [0, 0.05) is 6.92 Å². The van der Waals surface area contributed by atoms with E-state index in [1.165, 1.54) is 56.3 Å². The molecule has 7 atom stereocenters. The van der Waals surface area contributed by atoms with Crippen molar-refractivity contribution < 1.29 is 14.3 Å². The van der Waals surface area contributed by atoms with Crippen molar-refractivity contribution in [2.24, 2.45) is 28.6 Å². The SMILES string of the molecule is CC(=O)O[C@H]1CC[C@@]2(C)[C@@H](CC[C@@H]3[C@]2(C)Cc2c4c(c(C)c5c2[C@@]3(C)CC5)OCC(C)C4)C1. The van der Waals surface area contributed by atoms with Gasteiger partial charge in [-0.15, -0.1) is 0 Å². The second kappa shape index (κ2) is 7.01. The van der Waals surface area contributed by atoms with Crippen LogP contribution in [0, 0.1) is 35.5 Å². The molecule has 1 heterocycles. The Hall–Kier alpha value is -1.51. The van der Waals surface area contributed by atoms with Crippen LogP contribution in [0.2, 0.25) is 0 Å². The Morgan fingerprint density at radius 2 is 1.82 bits per heavy atom. The van der Waals surface area contributed by atoms with Crippen LogP contribution < -0.4 is 4.74 Å². The number of esters is 1. The first-order valence-corrected chi connectivity index (χ1v) is 13.6. The summed E-state index contributed by atoms with van der Waals surface area (Å²) in [5, 5.41) is 0. The lowest BCUT2D eigenvalue weighted by Crippen LogP contribution is -2.61. The predicted molar refractivity (Wildman–Crippen MR) is 131 cm³/mol. The molecule has 5 aliphatic rings. The first-order valence-electron chi connectivity index (χ1n) is 13.6. The van der Waals surface area contributed by atoms with Gasteiger partial charge in [0.2, 0.25) is 0 Å². The van der Waals surface area contributed by atoms with Crippen molar-refractivity contribution in [1.29, 1.82) is 0 Å². The van der Waals surface area contributed by atoms with Gasteiger partial charge in [-0.25, -0.2) is 0 Å². The van der Waals surface area contributed by atoms with E-state index in [9.17, 15) is 4.79 Å². The van der Waals surface area contributed by atoms with Crippen molar-refractivity contribution in [2.45, 2.75) is 111 Å². The lowest BCUT2D eigenvalue weighted by atomic mass is 9.38. The fourth-order valence-corrected chi connectivity index (χ4v) is 9.81. The summed E-state index contributed by atoms with van der Waals surface area (Å²) in [6, 6.07) is 0. The van der Waals surface area contributed by atoms with Crippen LogP contribution in [0.15, 0.2) is 0 Å². The Kier molecular flexibility index (Phi) is 4.67. The molecule has 4 aliphatic carbocycles. The molecule has 0 N–H and O–H groups in total. The van der Waals surface area contributed by atoms with Crippen molar-refractivity contribution in [2.75, 3.05) is 6.61 Å². The summed E-state index contributed by atoms with van der Waals surface area (Å²) in [5.74, 6) is 3.11. The molecule has 2 fully saturated rings. The van der Waals surface area contributed by atoms with Gasteiger partial charge < -0.3 is 9.47 Å². The quantitative estimate of drug-likeness (QED) is 0.459. The maximum absolute atomic E-state index is 11.7. The van der Waals surface area contributed by atoms with E-state index in [0.717, 1.165) is 25.4 Å². The standard InChI is InChI=1S/C30H42O3/c1-17-13-23-24-15-30(6)25(8-7-20-14-21(33-19(3)31)9-12-29(20,30)5)28(4)11-10-22(26(24)28)18(2)27(23)32-16-17/h17,20-21,25H,7-16H2,1-6H3/t17?,20-,21-,25-,28-,29-,30-/m0/s1. The maximum atomic E-state index is 11.7. The van der Waals surface area contributed by atoms with Gasteiger partial charge in [-0.1, -0.05) is 27.7 Å². The zero-order chi connectivity index (χ0) is 23.3. The van der Waals surface area contributed by atoms with Gasteiger partial charge in [-0.2, -0.15) is 0 Å². The van der Waals surface area contributed by atoms with Crippen molar-refractivity contribution >= 4 is 5.97 Å². The molecule has 0 aromatic heterocycles. The lowest BCUT2D eigenvalue weighted by molar-refractivity contribution is -0.170. The summed E-state index contributed by atoms with van der Waals surface area (Å²) in [4.78, 5) is 11.7. The molecule has 1 aromatic rings. The second-order valence-electron chi connectivity index (χ2n) is 13.1. The number of hydrogen-bond donors (Lipinski definition) is 0. The maximum Gasteiger partial charge on any atom is 0.302 e. The Balaban J connectivity index is 1.48. The number of fused-ring (bicyclic) bond motifs is 6. The monoisotopic (exact) mass is 450 g/mol. The smallest absolute Gasteiger partial charge is 0.302 e. The molecule has 2 saturated carbocycles. The van der Waals surface area contributed by atoms with Gasteiger partial charge in [0.1, 0.15) is 11.9 Å². The highest BCUT2D eigenvalue weighted by Crippen LogP contribution is 2.71. The van der Waals surface area contributed by atoms with Gasteiger partial charge >= 0.3 is 5.97 Å². The summed E-state index contributed by atoms with van der Waals surface area (Å²) in [6.07, 6.45) is 10.9. The van der Waals surface area contributed by atoms with Crippen LogP contribution >= 0.6 is 0 Å². The Labute approximate surface area is 200 Å². The minimum atomic E-state index is -0.114. The number of carbonyl (C=O) groups is 1. The molecule has 0 spiro atoms. The average Bonchev–Trinajstić information content (AvgIpc) is 3.11. The fraction of sp³-hybridized carbons (Fsp3) is 0.767. The first-order chi connectivity index (χ1) is 15.6. The third kappa shape index (κ3) is 2.77. The molecule has 0 radical (unpaired) electrons. The number of hydrogen-bond acceptors (Lipinski definition) is 3. The minimum absolute atomic E-state index is 0.114. The van der Waals surface area contributed by atoms with Gasteiger partial charge in [0.05, 0.1) is 6.61 Å². The Morgan fingerprint density at radius 3 is 2.58 bits per heavy atom. The molecule has 0 saturated heterocycles. The largest absolute Gasteiger partial charge is 0.493 e. The van der Waals surface area contributed by atoms with Crippen LogP contribution in [-0.2, 0) is 34.2 Å². The van der Waals surface area contributed by atoms with Crippen LogP contribution in [-0.4, -0.2) is 18.7 Å². The van der Waals surface area contributed by atoms with Gasteiger partial charge in [0.25, 0.3) is 0 Å². The third-order valence-electron chi connectivity index (χ3n) is 11.5.